The summed E-state index contributed by atoms with van der Waals surface area (Å²) in [4.78, 5) is 24.3. The Morgan fingerprint density at radius 3 is 3.12 bits per heavy atom. The minimum atomic E-state index is -0.0662. The molecule has 1 amide bonds. The second kappa shape index (κ2) is 7.34. The fourth-order valence-electron chi connectivity index (χ4n) is 3.45. The molecule has 1 fully saturated rings. The van der Waals surface area contributed by atoms with E-state index in [1.54, 1.807) is 24.7 Å². The number of likely N-dealkylation sites (tertiary alicyclic amines) is 1. The van der Waals surface area contributed by atoms with Crippen molar-refractivity contribution in [1.82, 2.24) is 24.6 Å². The van der Waals surface area contributed by atoms with Crippen LogP contribution in [0.5, 0.6) is 0 Å². The Morgan fingerprint density at radius 2 is 2.27 bits per heavy atom. The lowest BCUT2D eigenvalue weighted by Gasteiger charge is -2.22. The molecule has 136 valence electrons. The lowest BCUT2D eigenvalue weighted by Crippen LogP contribution is -2.39. The molecule has 8 heteroatoms. The van der Waals surface area contributed by atoms with Crippen molar-refractivity contribution in [3.05, 3.63) is 40.6 Å². The predicted octanol–water partition coefficient (Wildman–Crippen LogP) is 3.33. The highest BCUT2D eigenvalue weighted by atomic mass is 35.5. The standard InChI is InChI=1S/C18H20ClN5OS/c1-2-23-7-3-4-13(23)8-21-17(25)15-10-22-18(26-15)14-9-20-16-6-5-12(19)11-24(14)16/h5-6,9-11,13H,2-4,7-8H2,1H3,(H,21,25). The van der Waals surface area contributed by atoms with Crippen molar-refractivity contribution in [3.8, 4) is 10.7 Å². The van der Waals surface area contributed by atoms with Crippen LogP contribution >= 0.6 is 22.9 Å². The Labute approximate surface area is 160 Å². The zero-order valence-corrected chi connectivity index (χ0v) is 16.1. The number of amides is 1. The summed E-state index contributed by atoms with van der Waals surface area (Å²) < 4.78 is 1.89. The van der Waals surface area contributed by atoms with Crippen LogP contribution in [0, 0.1) is 0 Å². The number of nitrogens with zero attached hydrogens (tertiary/aromatic N) is 4. The molecule has 26 heavy (non-hydrogen) atoms. The van der Waals surface area contributed by atoms with Crippen LogP contribution in [0.15, 0.2) is 30.7 Å². The number of imidazole rings is 1. The van der Waals surface area contributed by atoms with Gasteiger partial charge in [-0.3, -0.25) is 14.1 Å². The second-order valence-corrected chi connectivity index (χ2v) is 7.85. The van der Waals surface area contributed by atoms with E-state index in [0.29, 0.717) is 22.5 Å². The van der Waals surface area contributed by atoms with Gasteiger partial charge in [0.05, 0.1) is 17.4 Å². The number of thiazole rings is 1. The molecule has 1 N–H and O–H groups in total. The minimum absolute atomic E-state index is 0.0662. The SMILES string of the molecule is CCN1CCCC1CNC(=O)c1cnc(-c2cnc3ccc(Cl)cn23)s1. The molecule has 1 aliphatic rings. The maximum absolute atomic E-state index is 12.5. The smallest absolute Gasteiger partial charge is 0.263 e. The fraction of sp³-hybridized carbons (Fsp3) is 0.389. The summed E-state index contributed by atoms with van der Waals surface area (Å²) in [6.45, 7) is 5.00. The van der Waals surface area contributed by atoms with Gasteiger partial charge in [0.25, 0.3) is 5.91 Å². The van der Waals surface area contributed by atoms with Crippen molar-refractivity contribution in [2.24, 2.45) is 0 Å². The summed E-state index contributed by atoms with van der Waals surface area (Å²) in [6.07, 6.45) is 7.54. The summed E-state index contributed by atoms with van der Waals surface area (Å²) in [5, 5.41) is 4.44. The predicted molar refractivity (Wildman–Crippen MR) is 104 cm³/mol. The van der Waals surface area contributed by atoms with Crippen molar-refractivity contribution in [3.63, 3.8) is 0 Å². The minimum Gasteiger partial charge on any atom is -0.350 e. The van der Waals surface area contributed by atoms with E-state index in [2.05, 4.69) is 27.1 Å². The largest absolute Gasteiger partial charge is 0.350 e. The number of likely N-dealkylation sites (N-methyl/N-ethyl adjacent to an activating group) is 1. The van der Waals surface area contributed by atoms with Crippen molar-refractivity contribution in [2.45, 2.75) is 25.8 Å². The van der Waals surface area contributed by atoms with E-state index < -0.39 is 0 Å². The third kappa shape index (κ3) is 3.34. The summed E-state index contributed by atoms with van der Waals surface area (Å²) >= 11 is 7.45. The zero-order chi connectivity index (χ0) is 18.1. The van der Waals surface area contributed by atoms with E-state index in [1.165, 1.54) is 17.8 Å². The van der Waals surface area contributed by atoms with Gasteiger partial charge in [-0.05, 0) is 38.1 Å². The van der Waals surface area contributed by atoms with Gasteiger partial charge in [0.2, 0.25) is 0 Å². The topological polar surface area (TPSA) is 62.5 Å². The quantitative estimate of drug-likeness (QED) is 0.727. The van der Waals surface area contributed by atoms with Gasteiger partial charge < -0.3 is 5.32 Å². The van der Waals surface area contributed by atoms with E-state index >= 15 is 0 Å². The first-order chi connectivity index (χ1) is 12.7. The molecule has 4 heterocycles. The van der Waals surface area contributed by atoms with Gasteiger partial charge in [0.1, 0.15) is 21.2 Å². The third-order valence-electron chi connectivity index (χ3n) is 4.82. The van der Waals surface area contributed by atoms with Crippen molar-refractivity contribution < 1.29 is 4.79 Å². The molecule has 0 saturated carbocycles. The maximum atomic E-state index is 12.5. The molecule has 0 spiro atoms. The summed E-state index contributed by atoms with van der Waals surface area (Å²) in [5.41, 5.74) is 1.63. The first-order valence-corrected chi connectivity index (χ1v) is 9.96. The summed E-state index contributed by atoms with van der Waals surface area (Å²) in [6, 6.07) is 4.10. The normalized spacial score (nSPS) is 17.8. The van der Waals surface area contributed by atoms with Crippen LogP contribution in [0.2, 0.25) is 5.02 Å². The molecule has 3 aromatic heterocycles. The number of rotatable bonds is 5. The monoisotopic (exact) mass is 389 g/mol. The average Bonchev–Trinajstić information content (AvgIpc) is 3.37. The molecule has 3 aromatic rings. The van der Waals surface area contributed by atoms with Crippen LogP contribution in [0.4, 0.5) is 0 Å². The van der Waals surface area contributed by atoms with Gasteiger partial charge >= 0.3 is 0 Å². The molecular formula is C18H20ClN5OS. The number of nitrogens with one attached hydrogen (secondary N) is 1. The van der Waals surface area contributed by atoms with Gasteiger partial charge in [-0.1, -0.05) is 18.5 Å². The Morgan fingerprint density at radius 1 is 1.38 bits per heavy atom. The van der Waals surface area contributed by atoms with Crippen LogP contribution in [-0.2, 0) is 0 Å². The number of aromatic nitrogens is 3. The summed E-state index contributed by atoms with van der Waals surface area (Å²) in [5.74, 6) is -0.0662. The number of carbonyl (C=O) groups excluding carboxylic acids is 1. The Balaban J connectivity index is 1.48. The molecule has 1 aliphatic heterocycles. The molecule has 0 bridgehead atoms. The number of pyridine rings is 1. The van der Waals surface area contributed by atoms with E-state index in [-0.39, 0.29) is 5.91 Å². The molecule has 1 atom stereocenters. The van der Waals surface area contributed by atoms with Crippen molar-refractivity contribution in [2.75, 3.05) is 19.6 Å². The van der Waals surface area contributed by atoms with Gasteiger partial charge in [0.15, 0.2) is 0 Å². The van der Waals surface area contributed by atoms with Crippen LogP contribution in [0.25, 0.3) is 16.3 Å². The summed E-state index contributed by atoms with van der Waals surface area (Å²) in [7, 11) is 0. The number of fused-ring (bicyclic) bond motifs is 1. The van der Waals surface area contributed by atoms with Crippen molar-refractivity contribution in [1.29, 1.82) is 0 Å². The van der Waals surface area contributed by atoms with Crippen LogP contribution < -0.4 is 5.32 Å². The first-order valence-electron chi connectivity index (χ1n) is 8.76. The molecule has 6 nitrogen and oxygen atoms in total. The maximum Gasteiger partial charge on any atom is 0.263 e. The number of hydrogen-bond donors (Lipinski definition) is 1. The second-order valence-electron chi connectivity index (χ2n) is 6.38. The highest BCUT2D eigenvalue weighted by Gasteiger charge is 2.24. The van der Waals surface area contributed by atoms with Crippen LogP contribution in [0.3, 0.4) is 0 Å². The van der Waals surface area contributed by atoms with Crippen LogP contribution in [0.1, 0.15) is 29.4 Å². The van der Waals surface area contributed by atoms with E-state index in [9.17, 15) is 4.79 Å². The molecule has 1 unspecified atom stereocenters. The van der Waals surface area contributed by atoms with E-state index in [4.69, 9.17) is 11.6 Å². The highest BCUT2D eigenvalue weighted by Crippen LogP contribution is 2.27. The first kappa shape index (κ1) is 17.5. The number of halogens is 1. The zero-order valence-electron chi connectivity index (χ0n) is 14.5. The molecule has 0 radical (unpaired) electrons. The lowest BCUT2D eigenvalue weighted by molar-refractivity contribution is 0.0945. The highest BCUT2D eigenvalue weighted by molar-refractivity contribution is 7.16. The Kier molecular flexibility index (Phi) is 4.93. The molecule has 0 aromatic carbocycles. The molecular weight excluding hydrogens is 370 g/mol. The van der Waals surface area contributed by atoms with Crippen molar-refractivity contribution >= 4 is 34.5 Å². The Hall–Kier alpha value is -1.96. The Bertz CT molecular complexity index is 937. The van der Waals surface area contributed by atoms with E-state index in [0.717, 1.165) is 35.9 Å². The molecule has 1 saturated heterocycles. The molecule has 0 aliphatic carbocycles. The van der Waals surface area contributed by atoms with Gasteiger partial charge in [-0.25, -0.2) is 9.97 Å². The number of hydrogen-bond acceptors (Lipinski definition) is 5. The van der Waals surface area contributed by atoms with E-state index in [1.807, 2.05) is 10.5 Å². The fourth-order valence-corrected chi connectivity index (χ4v) is 4.45. The lowest BCUT2D eigenvalue weighted by atomic mass is 10.2. The van der Waals surface area contributed by atoms with Crippen LogP contribution in [-0.4, -0.2) is 50.9 Å². The van der Waals surface area contributed by atoms with Gasteiger partial charge in [-0.15, -0.1) is 11.3 Å². The van der Waals surface area contributed by atoms with Gasteiger partial charge in [0, 0.05) is 18.8 Å². The molecule has 4 rings (SSSR count). The number of carbonyl (C=O) groups is 1. The third-order valence-corrected chi connectivity index (χ3v) is 6.06. The average molecular weight is 390 g/mol. The van der Waals surface area contributed by atoms with Gasteiger partial charge in [-0.2, -0.15) is 0 Å².